The van der Waals surface area contributed by atoms with Crippen LogP contribution < -0.4 is 5.32 Å². The van der Waals surface area contributed by atoms with Gasteiger partial charge >= 0.3 is 0 Å². The molecule has 2 rings (SSSR count). The maximum absolute atomic E-state index is 14.5. The van der Waals surface area contributed by atoms with Gasteiger partial charge in [-0.3, -0.25) is 0 Å². The fraction of sp³-hybridized carbons (Fsp3) is 0.500. The summed E-state index contributed by atoms with van der Waals surface area (Å²) >= 11 is 0. The Morgan fingerprint density at radius 3 is 2.57 bits per heavy atom. The topological polar surface area (TPSA) is 12.0 Å². The highest BCUT2D eigenvalue weighted by atomic mass is 19.1. The summed E-state index contributed by atoms with van der Waals surface area (Å²) in [6.45, 7) is 4.58. The third-order valence-electron chi connectivity index (χ3n) is 3.15. The van der Waals surface area contributed by atoms with Crippen LogP contribution in [0.1, 0.15) is 24.5 Å². The normalized spacial score (nSPS) is 25.2. The lowest BCUT2D eigenvalue weighted by molar-refractivity contribution is 0.0852. The molecule has 0 amide bonds. The molecule has 1 saturated heterocycles. The second-order valence-corrected chi connectivity index (χ2v) is 4.19. The summed E-state index contributed by atoms with van der Waals surface area (Å²) in [5.74, 6) is 0. The number of alkyl halides is 1. The lowest BCUT2D eigenvalue weighted by Gasteiger charge is -2.39. The third kappa shape index (κ3) is 1.44. The van der Waals surface area contributed by atoms with E-state index in [0.717, 1.165) is 24.1 Å². The zero-order valence-corrected chi connectivity index (χ0v) is 8.68. The summed E-state index contributed by atoms with van der Waals surface area (Å²) in [5, 5.41) is 3.14. The minimum absolute atomic E-state index is 0.0106. The van der Waals surface area contributed by atoms with Crippen molar-refractivity contribution in [1.29, 1.82) is 0 Å². The van der Waals surface area contributed by atoms with Gasteiger partial charge in [0.15, 0.2) is 0 Å². The third-order valence-corrected chi connectivity index (χ3v) is 3.15. The highest BCUT2D eigenvalue weighted by molar-refractivity contribution is 5.32. The summed E-state index contributed by atoms with van der Waals surface area (Å²) < 4.78 is 14.5. The first-order valence-electron chi connectivity index (χ1n) is 5.11. The first kappa shape index (κ1) is 9.66. The lowest BCUT2D eigenvalue weighted by atomic mass is 9.82. The highest BCUT2D eigenvalue weighted by Gasteiger charge is 2.40. The largest absolute Gasteiger partial charge is 0.311 e. The second-order valence-electron chi connectivity index (χ2n) is 4.19. The molecule has 1 nitrogen and oxygen atoms in total. The van der Waals surface area contributed by atoms with Gasteiger partial charge in [-0.2, -0.15) is 0 Å². The van der Waals surface area contributed by atoms with Crippen molar-refractivity contribution in [1.82, 2.24) is 5.32 Å². The van der Waals surface area contributed by atoms with Gasteiger partial charge in [-0.05, 0) is 37.9 Å². The average Bonchev–Trinajstić information content (AvgIpc) is 2.00. The SMILES string of the molecule is Cc1ccccc1C(C)(F)C1CCN1. The van der Waals surface area contributed by atoms with Crippen molar-refractivity contribution in [3.63, 3.8) is 0 Å². The quantitative estimate of drug-likeness (QED) is 0.761. The van der Waals surface area contributed by atoms with Crippen molar-refractivity contribution in [3.8, 4) is 0 Å². The Balaban J connectivity index is 2.32. The maximum Gasteiger partial charge on any atom is 0.148 e. The van der Waals surface area contributed by atoms with Crippen LogP contribution >= 0.6 is 0 Å². The predicted octanol–water partition coefficient (Wildman–Crippen LogP) is 2.54. The molecule has 1 heterocycles. The molecule has 2 atom stereocenters. The molecule has 0 aliphatic carbocycles. The van der Waals surface area contributed by atoms with Gasteiger partial charge in [-0.1, -0.05) is 24.3 Å². The maximum atomic E-state index is 14.5. The number of benzene rings is 1. The average molecular weight is 193 g/mol. The molecule has 1 N–H and O–H groups in total. The van der Waals surface area contributed by atoms with Gasteiger partial charge in [0.1, 0.15) is 5.67 Å². The molecule has 1 fully saturated rings. The number of nitrogens with one attached hydrogen (secondary N) is 1. The van der Waals surface area contributed by atoms with Gasteiger partial charge in [0.05, 0.1) is 0 Å². The molecule has 0 spiro atoms. The van der Waals surface area contributed by atoms with Gasteiger partial charge in [0.2, 0.25) is 0 Å². The number of halogens is 1. The van der Waals surface area contributed by atoms with Crippen LogP contribution in [-0.2, 0) is 5.67 Å². The minimum Gasteiger partial charge on any atom is -0.311 e. The Morgan fingerprint density at radius 1 is 1.43 bits per heavy atom. The number of rotatable bonds is 2. The van der Waals surface area contributed by atoms with Crippen LogP contribution in [0.5, 0.6) is 0 Å². The zero-order valence-electron chi connectivity index (χ0n) is 8.68. The molecule has 2 heteroatoms. The Hall–Kier alpha value is -0.890. The van der Waals surface area contributed by atoms with Crippen molar-refractivity contribution in [2.24, 2.45) is 0 Å². The van der Waals surface area contributed by atoms with Gasteiger partial charge < -0.3 is 5.32 Å². The van der Waals surface area contributed by atoms with E-state index < -0.39 is 5.67 Å². The Morgan fingerprint density at radius 2 is 2.07 bits per heavy atom. The second kappa shape index (κ2) is 3.35. The van der Waals surface area contributed by atoms with Crippen LogP contribution in [0, 0.1) is 6.92 Å². The van der Waals surface area contributed by atoms with Gasteiger partial charge in [-0.15, -0.1) is 0 Å². The highest BCUT2D eigenvalue weighted by Crippen LogP contribution is 2.35. The monoisotopic (exact) mass is 193 g/mol. The molecular formula is C12H16FN. The fourth-order valence-corrected chi connectivity index (χ4v) is 2.06. The van der Waals surface area contributed by atoms with E-state index in [4.69, 9.17) is 0 Å². The van der Waals surface area contributed by atoms with Crippen LogP contribution in [0.15, 0.2) is 24.3 Å². The standard InChI is InChI=1S/C12H16FN/c1-9-5-3-4-6-10(9)12(2,13)11-7-8-14-11/h3-6,11,14H,7-8H2,1-2H3. The molecule has 2 unspecified atom stereocenters. The van der Waals surface area contributed by atoms with E-state index in [2.05, 4.69) is 5.32 Å². The molecule has 0 bridgehead atoms. The molecule has 0 saturated carbocycles. The van der Waals surface area contributed by atoms with Gasteiger partial charge in [0.25, 0.3) is 0 Å². The van der Waals surface area contributed by atoms with Crippen molar-refractivity contribution >= 4 is 0 Å². The van der Waals surface area contributed by atoms with Gasteiger partial charge in [-0.25, -0.2) is 4.39 Å². The Kier molecular flexibility index (Phi) is 2.31. The molecule has 14 heavy (non-hydrogen) atoms. The Bertz CT molecular complexity index is 329. The predicted molar refractivity (Wildman–Crippen MR) is 56.0 cm³/mol. The van der Waals surface area contributed by atoms with Crippen molar-refractivity contribution in [2.45, 2.75) is 32.0 Å². The lowest BCUT2D eigenvalue weighted by Crippen LogP contribution is -2.53. The van der Waals surface area contributed by atoms with Crippen LogP contribution in [0.25, 0.3) is 0 Å². The van der Waals surface area contributed by atoms with Crippen molar-refractivity contribution in [2.75, 3.05) is 6.54 Å². The summed E-state index contributed by atoms with van der Waals surface area (Å²) in [4.78, 5) is 0. The molecule has 1 aromatic carbocycles. The van der Waals surface area contributed by atoms with E-state index in [-0.39, 0.29) is 6.04 Å². The van der Waals surface area contributed by atoms with E-state index in [1.54, 1.807) is 6.92 Å². The number of hydrogen-bond acceptors (Lipinski definition) is 1. The molecule has 0 radical (unpaired) electrons. The molecule has 1 aromatic rings. The Labute approximate surface area is 84.3 Å². The first-order chi connectivity index (χ1) is 6.62. The first-order valence-corrected chi connectivity index (χ1v) is 5.11. The molecule has 1 aliphatic heterocycles. The van der Waals surface area contributed by atoms with E-state index in [9.17, 15) is 4.39 Å². The summed E-state index contributed by atoms with van der Waals surface area (Å²) in [6.07, 6.45) is 0.932. The zero-order chi connectivity index (χ0) is 10.2. The van der Waals surface area contributed by atoms with Crippen LogP contribution in [0.4, 0.5) is 4.39 Å². The summed E-state index contributed by atoms with van der Waals surface area (Å²) in [5.41, 5.74) is 0.618. The van der Waals surface area contributed by atoms with Crippen molar-refractivity contribution < 1.29 is 4.39 Å². The molecule has 1 aliphatic rings. The van der Waals surface area contributed by atoms with E-state index in [0.29, 0.717) is 0 Å². The molecule has 76 valence electrons. The molecular weight excluding hydrogens is 177 g/mol. The van der Waals surface area contributed by atoms with E-state index >= 15 is 0 Å². The molecule has 0 aromatic heterocycles. The van der Waals surface area contributed by atoms with Gasteiger partial charge in [0, 0.05) is 6.04 Å². The smallest absolute Gasteiger partial charge is 0.148 e. The van der Waals surface area contributed by atoms with Crippen LogP contribution in [-0.4, -0.2) is 12.6 Å². The van der Waals surface area contributed by atoms with E-state index in [1.165, 1.54) is 0 Å². The van der Waals surface area contributed by atoms with Crippen LogP contribution in [0.3, 0.4) is 0 Å². The summed E-state index contributed by atoms with van der Waals surface area (Å²) in [6, 6.07) is 7.69. The van der Waals surface area contributed by atoms with Crippen LogP contribution in [0.2, 0.25) is 0 Å². The van der Waals surface area contributed by atoms with E-state index in [1.807, 2.05) is 31.2 Å². The number of aryl methyl sites for hydroxylation is 1. The van der Waals surface area contributed by atoms with Crippen molar-refractivity contribution in [3.05, 3.63) is 35.4 Å². The minimum atomic E-state index is -1.23. The summed E-state index contributed by atoms with van der Waals surface area (Å²) in [7, 11) is 0. The fourth-order valence-electron chi connectivity index (χ4n) is 2.06. The number of hydrogen-bond donors (Lipinski definition) is 1.